The van der Waals surface area contributed by atoms with Gasteiger partial charge in [0.15, 0.2) is 0 Å². The molecule has 0 unspecified atom stereocenters. The van der Waals surface area contributed by atoms with E-state index in [1.165, 1.54) is 0 Å². The number of hydrogen-bond acceptors (Lipinski definition) is 3. The minimum atomic E-state index is -0.759. The molecule has 1 saturated heterocycles. The highest BCUT2D eigenvalue weighted by Crippen LogP contribution is 2.14. The zero-order valence-electron chi connectivity index (χ0n) is 6.69. The molecule has 0 bridgehead atoms. The summed E-state index contributed by atoms with van der Waals surface area (Å²) in [5.74, 6) is -1.35. The molecule has 0 aromatic rings. The Morgan fingerprint density at radius 3 is 2.50 bits per heavy atom. The Bertz CT molecular complexity index is 196. The maximum absolute atomic E-state index is 10.3. The standard InChI is InChI=1S/C7H12N2O3/c8-6(10)1-2-9-3-5(4-9)7(11)12/h5H,1-4H2,(H2,8,10)(H,11,12). The van der Waals surface area contributed by atoms with Crippen molar-refractivity contribution in [2.75, 3.05) is 19.6 Å². The first-order valence-corrected chi connectivity index (χ1v) is 3.83. The van der Waals surface area contributed by atoms with Crippen LogP contribution < -0.4 is 5.73 Å². The number of nitrogens with two attached hydrogens (primary N) is 1. The molecule has 1 amide bonds. The van der Waals surface area contributed by atoms with E-state index in [2.05, 4.69) is 0 Å². The Hall–Kier alpha value is -1.10. The predicted molar refractivity (Wildman–Crippen MR) is 41.4 cm³/mol. The average molecular weight is 172 g/mol. The number of primary amides is 1. The average Bonchev–Trinajstić information content (AvgIpc) is 1.82. The highest BCUT2D eigenvalue weighted by Gasteiger charge is 2.31. The van der Waals surface area contributed by atoms with Crippen LogP contribution >= 0.6 is 0 Å². The van der Waals surface area contributed by atoms with Crippen LogP contribution in [0.1, 0.15) is 6.42 Å². The number of amides is 1. The molecule has 1 aliphatic heterocycles. The summed E-state index contributed by atoms with van der Waals surface area (Å²) in [5, 5.41) is 8.51. The molecule has 0 aliphatic carbocycles. The lowest BCUT2D eigenvalue weighted by Crippen LogP contribution is -2.50. The molecule has 3 N–H and O–H groups in total. The molecular weight excluding hydrogens is 160 g/mol. The molecule has 5 nitrogen and oxygen atoms in total. The van der Waals surface area contributed by atoms with Crippen LogP contribution in [-0.2, 0) is 9.59 Å². The predicted octanol–water partition coefficient (Wildman–Crippen LogP) is -1.12. The van der Waals surface area contributed by atoms with Crippen LogP contribution in [0.3, 0.4) is 0 Å². The van der Waals surface area contributed by atoms with E-state index in [0.29, 0.717) is 26.1 Å². The normalized spacial score (nSPS) is 18.7. The number of carboxylic acid groups (broad SMARTS) is 1. The summed E-state index contributed by atoms with van der Waals surface area (Å²) in [5.41, 5.74) is 4.93. The van der Waals surface area contributed by atoms with Gasteiger partial charge in [-0.3, -0.25) is 9.59 Å². The first-order chi connectivity index (χ1) is 5.59. The van der Waals surface area contributed by atoms with Crippen molar-refractivity contribution < 1.29 is 14.7 Å². The first kappa shape index (κ1) is 8.99. The van der Waals surface area contributed by atoms with Crippen LogP contribution in [0.5, 0.6) is 0 Å². The van der Waals surface area contributed by atoms with Gasteiger partial charge in [0.1, 0.15) is 0 Å². The maximum atomic E-state index is 10.3. The van der Waals surface area contributed by atoms with Crippen molar-refractivity contribution in [1.29, 1.82) is 0 Å². The summed E-state index contributed by atoms with van der Waals surface area (Å²) >= 11 is 0. The van der Waals surface area contributed by atoms with Gasteiger partial charge in [0.05, 0.1) is 5.92 Å². The highest BCUT2D eigenvalue weighted by atomic mass is 16.4. The molecule has 0 atom stereocenters. The van der Waals surface area contributed by atoms with E-state index < -0.39 is 5.97 Å². The number of likely N-dealkylation sites (tertiary alicyclic amines) is 1. The van der Waals surface area contributed by atoms with E-state index in [9.17, 15) is 9.59 Å². The van der Waals surface area contributed by atoms with Gasteiger partial charge in [-0.25, -0.2) is 0 Å². The van der Waals surface area contributed by atoms with Crippen LogP contribution in [0, 0.1) is 5.92 Å². The van der Waals surface area contributed by atoms with Gasteiger partial charge in [0.25, 0.3) is 0 Å². The fraction of sp³-hybridized carbons (Fsp3) is 0.714. The second kappa shape index (κ2) is 3.53. The number of hydrogen-bond donors (Lipinski definition) is 2. The molecule has 1 aliphatic rings. The lowest BCUT2D eigenvalue weighted by molar-refractivity contribution is -0.147. The summed E-state index contributed by atoms with van der Waals surface area (Å²) in [4.78, 5) is 22.6. The van der Waals surface area contributed by atoms with E-state index in [0.717, 1.165) is 0 Å². The van der Waals surface area contributed by atoms with Gasteiger partial charge in [-0.15, -0.1) is 0 Å². The Morgan fingerprint density at radius 1 is 1.50 bits per heavy atom. The Balaban J connectivity index is 2.10. The number of carbonyl (C=O) groups is 2. The third kappa shape index (κ3) is 2.20. The zero-order valence-corrected chi connectivity index (χ0v) is 6.69. The van der Waals surface area contributed by atoms with Gasteiger partial charge in [-0.05, 0) is 0 Å². The minimum Gasteiger partial charge on any atom is -0.481 e. The second-order valence-corrected chi connectivity index (χ2v) is 3.01. The van der Waals surface area contributed by atoms with Crippen LogP contribution in [0.4, 0.5) is 0 Å². The summed E-state index contributed by atoms with van der Waals surface area (Å²) in [6, 6.07) is 0. The third-order valence-electron chi connectivity index (χ3n) is 1.98. The van der Waals surface area contributed by atoms with Crippen molar-refractivity contribution in [3.05, 3.63) is 0 Å². The third-order valence-corrected chi connectivity index (χ3v) is 1.98. The van der Waals surface area contributed by atoms with Crippen molar-refractivity contribution >= 4 is 11.9 Å². The summed E-state index contributed by atoms with van der Waals surface area (Å²) in [7, 11) is 0. The molecule has 68 valence electrons. The van der Waals surface area contributed by atoms with Crippen LogP contribution in [0.25, 0.3) is 0 Å². The van der Waals surface area contributed by atoms with Crippen LogP contribution in [0.15, 0.2) is 0 Å². The topological polar surface area (TPSA) is 83.6 Å². The maximum Gasteiger partial charge on any atom is 0.309 e. The molecule has 0 saturated carbocycles. The minimum absolute atomic E-state index is 0.252. The summed E-state index contributed by atoms with van der Waals surface area (Å²) in [6.07, 6.45) is 0.312. The molecule has 0 aromatic carbocycles. The Morgan fingerprint density at radius 2 is 2.08 bits per heavy atom. The van der Waals surface area contributed by atoms with E-state index in [1.807, 2.05) is 4.90 Å². The quantitative estimate of drug-likeness (QED) is 0.562. The SMILES string of the molecule is NC(=O)CCN1CC(C(=O)O)C1. The molecule has 12 heavy (non-hydrogen) atoms. The lowest BCUT2D eigenvalue weighted by Gasteiger charge is -2.36. The molecule has 1 rings (SSSR count). The number of carboxylic acids is 1. The van der Waals surface area contributed by atoms with Crippen molar-refractivity contribution in [2.45, 2.75) is 6.42 Å². The highest BCUT2D eigenvalue weighted by molar-refractivity contribution is 5.74. The van der Waals surface area contributed by atoms with Crippen LogP contribution in [-0.4, -0.2) is 41.5 Å². The van der Waals surface area contributed by atoms with Gasteiger partial charge < -0.3 is 15.7 Å². The van der Waals surface area contributed by atoms with E-state index in [1.54, 1.807) is 0 Å². The summed E-state index contributed by atoms with van der Waals surface area (Å²) in [6.45, 7) is 1.67. The fourth-order valence-electron chi connectivity index (χ4n) is 1.18. The van der Waals surface area contributed by atoms with Crippen molar-refractivity contribution in [3.8, 4) is 0 Å². The smallest absolute Gasteiger partial charge is 0.309 e. The molecular formula is C7H12N2O3. The van der Waals surface area contributed by atoms with Crippen molar-refractivity contribution in [2.24, 2.45) is 11.7 Å². The molecule has 0 aromatic heterocycles. The molecule has 5 heteroatoms. The second-order valence-electron chi connectivity index (χ2n) is 3.01. The van der Waals surface area contributed by atoms with Crippen LogP contribution in [0.2, 0.25) is 0 Å². The largest absolute Gasteiger partial charge is 0.481 e. The van der Waals surface area contributed by atoms with E-state index in [-0.39, 0.29) is 11.8 Å². The number of carbonyl (C=O) groups excluding carboxylic acids is 1. The number of nitrogens with zero attached hydrogens (tertiary/aromatic N) is 1. The number of aliphatic carboxylic acids is 1. The van der Waals surface area contributed by atoms with Gasteiger partial charge in [0.2, 0.25) is 5.91 Å². The van der Waals surface area contributed by atoms with Gasteiger partial charge in [0, 0.05) is 26.1 Å². The fourth-order valence-corrected chi connectivity index (χ4v) is 1.18. The van der Waals surface area contributed by atoms with Gasteiger partial charge in [-0.2, -0.15) is 0 Å². The summed E-state index contributed by atoms with van der Waals surface area (Å²) < 4.78 is 0. The molecule has 0 spiro atoms. The zero-order chi connectivity index (χ0) is 9.14. The number of rotatable bonds is 4. The van der Waals surface area contributed by atoms with Crippen molar-refractivity contribution in [1.82, 2.24) is 4.90 Å². The van der Waals surface area contributed by atoms with Crippen molar-refractivity contribution in [3.63, 3.8) is 0 Å². The lowest BCUT2D eigenvalue weighted by atomic mass is 10.0. The first-order valence-electron chi connectivity index (χ1n) is 3.83. The Labute approximate surface area is 70.1 Å². The molecule has 1 heterocycles. The van der Waals surface area contributed by atoms with Gasteiger partial charge in [-0.1, -0.05) is 0 Å². The van der Waals surface area contributed by atoms with Gasteiger partial charge >= 0.3 is 5.97 Å². The van der Waals surface area contributed by atoms with E-state index in [4.69, 9.17) is 10.8 Å². The monoisotopic (exact) mass is 172 g/mol. The molecule has 0 radical (unpaired) electrons. The van der Waals surface area contributed by atoms with E-state index >= 15 is 0 Å². The Kier molecular flexibility index (Phi) is 2.65. The molecule has 1 fully saturated rings.